The summed E-state index contributed by atoms with van der Waals surface area (Å²) in [6.07, 6.45) is 0.161. The Morgan fingerprint density at radius 1 is 1.70 bits per heavy atom. The largest absolute Gasteiger partial charge is 0.385 e. The number of sulfonamides is 2. The van der Waals surface area contributed by atoms with Crippen LogP contribution in [0.15, 0.2) is 14.5 Å². The third kappa shape index (κ3) is 3.92. The molecule has 1 aliphatic rings. The zero-order chi connectivity index (χ0) is 20.8. The zero-order valence-corrected chi connectivity index (χ0v) is 15.1. The molecule has 0 radical (unpaired) electrons. The van der Waals surface area contributed by atoms with Gasteiger partial charge in [-0.05, 0) is 19.0 Å². The summed E-state index contributed by atoms with van der Waals surface area (Å²) in [5.41, 5.74) is -0.550. The van der Waals surface area contributed by atoms with Gasteiger partial charge in [0.2, 0.25) is 10.0 Å². The summed E-state index contributed by atoms with van der Waals surface area (Å²) in [5.74, 6) is 0. The van der Waals surface area contributed by atoms with E-state index in [-0.39, 0.29) is 37.5 Å². The second kappa shape index (κ2) is 7.13. The molecule has 2 rings (SSSR count). The predicted octanol–water partition coefficient (Wildman–Crippen LogP) is 0.0869. The van der Waals surface area contributed by atoms with E-state index in [1.54, 1.807) is 6.92 Å². The smallest absolute Gasteiger partial charge is 0.252 e. The number of nitrogens with one attached hydrogen (secondary N) is 1. The minimum Gasteiger partial charge on any atom is -0.385 e. The number of thiophene rings is 1. The van der Waals surface area contributed by atoms with Gasteiger partial charge in [-0.25, -0.2) is 22.0 Å². The van der Waals surface area contributed by atoms with E-state index in [1.165, 1.54) is 7.11 Å². The number of primary sulfonamides is 1. The lowest BCUT2D eigenvalue weighted by Crippen LogP contribution is -2.43. The number of hydrogen-bond acceptors (Lipinski definition) is 7. The Balaban J connectivity index is 2.84. The zero-order valence-electron chi connectivity index (χ0n) is 16.6. The molecule has 1 aromatic heterocycles. The lowest BCUT2D eigenvalue weighted by Gasteiger charge is -2.32. The topological polar surface area (TPSA) is 119 Å². The summed E-state index contributed by atoms with van der Waals surface area (Å²) in [6, 6.07) is -3.18. The Morgan fingerprint density at radius 3 is 2.96 bits per heavy atom. The Labute approximate surface area is 146 Å². The maximum atomic E-state index is 13.0. The normalized spacial score (nSPS) is 29.2. The van der Waals surface area contributed by atoms with Crippen LogP contribution in [0.5, 0.6) is 0 Å². The highest BCUT2D eigenvalue weighted by molar-refractivity contribution is 7.94. The molecule has 0 saturated carbocycles. The van der Waals surface area contributed by atoms with E-state index in [4.69, 9.17) is 15.4 Å². The third-order valence-corrected chi connectivity index (χ3v) is 7.60. The van der Waals surface area contributed by atoms with Crippen molar-refractivity contribution in [1.29, 1.82) is 0 Å². The first-order valence-electron chi connectivity index (χ1n) is 8.70. The summed E-state index contributed by atoms with van der Waals surface area (Å²) >= 11 is 0.260. The lowest BCUT2D eigenvalue weighted by molar-refractivity contribution is 0.185. The van der Waals surface area contributed by atoms with Gasteiger partial charge in [0.15, 0.2) is 0 Å². The van der Waals surface area contributed by atoms with Crippen molar-refractivity contribution < 1.29 is 27.1 Å². The average Bonchev–Trinajstić information content (AvgIpc) is 2.89. The number of ether oxygens (including phenoxy) is 1. The van der Waals surface area contributed by atoms with Crippen molar-refractivity contribution in [2.45, 2.75) is 27.8 Å². The Morgan fingerprint density at radius 2 is 2.39 bits per heavy atom. The van der Waals surface area contributed by atoms with Gasteiger partial charge in [-0.1, -0.05) is 6.92 Å². The molecule has 23 heavy (non-hydrogen) atoms. The molecule has 8 nitrogen and oxygen atoms in total. The second-order valence-corrected chi connectivity index (χ2v) is 9.50. The maximum Gasteiger partial charge on any atom is 0.252 e. The molecule has 0 aromatic carbocycles. The average molecular weight is 388 g/mol. The molecule has 11 heteroatoms. The number of hydrogen-bond donors (Lipinski definition) is 2. The predicted molar refractivity (Wildman–Crippen MR) is 87.4 cm³/mol. The van der Waals surface area contributed by atoms with Crippen LogP contribution in [0, 0.1) is 0 Å². The van der Waals surface area contributed by atoms with Crippen LogP contribution < -0.4 is 10.5 Å². The fourth-order valence-corrected chi connectivity index (χ4v) is 5.79. The highest BCUT2D eigenvalue weighted by atomic mass is 32.3. The van der Waals surface area contributed by atoms with E-state index in [0.717, 1.165) is 0 Å². The third-order valence-electron chi connectivity index (χ3n) is 2.95. The van der Waals surface area contributed by atoms with Crippen molar-refractivity contribution in [1.82, 2.24) is 9.62 Å². The first-order chi connectivity index (χ1) is 12.3. The summed E-state index contributed by atoms with van der Waals surface area (Å²) in [5, 5.41) is 7.66. The van der Waals surface area contributed by atoms with Crippen LogP contribution in [0.3, 0.4) is 0 Å². The van der Waals surface area contributed by atoms with E-state index in [0.29, 0.717) is 4.31 Å². The van der Waals surface area contributed by atoms with Crippen LogP contribution >= 0.6 is 11.3 Å². The van der Waals surface area contributed by atoms with Gasteiger partial charge >= 0.3 is 0 Å². The van der Waals surface area contributed by atoms with Crippen LogP contribution in [0.25, 0.3) is 0 Å². The molecule has 3 N–H and O–H groups in total. The quantitative estimate of drug-likeness (QED) is 0.640. The fraction of sp³-hybridized carbons (Fsp3) is 0.667. The van der Waals surface area contributed by atoms with Gasteiger partial charge in [0, 0.05) is 41.1 Å². The molecule has 0 amide bonds. The van der Waals surface area contributed by atoms with Crippen molar-refractivity contribution in [3.05, 3.63) is 11.6 Å². The SMILES string of the molecule is [2H]c1c(S(N)(=O)=O)sc2c1[C@@]([2H])(NCC)C([2H])([2H])N(CCCOC)S2(=O)=O. The summed E-state index contributed by atoms with van der Waals surface area (Å²) in [6.45, 7) is -1.26. The van der Waals surface area contributed by atoms with E-state index in [2.05, 4.69) is 5.32 Å². The van der Waals surface area contributed by atoms with Crippen molar-refractivity contribution >= 4 is 31.4 Å². The molecule has 1 atom stereocenters. The van der Waals surface area contributed by atoms with Crippen molar-refractivity contribution in [2.75, 3.05) is 33.3 Å². The van der Waals surface area contributed by atoms with Crippen LogP contribution in [0.4, 0.5) is 0 Å². The highest BCUT2D eigenvalue weighted by Gasteiger charge is 2.39. The molecule has 0 aliphatic carbocycles. The molecule has 1 aliphatic heterocycles. The fourth-order valence-electron chi connectivity index (χ4n) is 1.96. The first kappa shape index (κ1) is 13.7. The molecule has 2 heterocycles. The molecule has 0 saturated heterocycles. The molecule has 0 bridgehead atoms. The molecule has 0 spiro atoms. The minimum absolute atomic E-state index is 0.0778. The number of methoxy groups -OCH3 is 1. The van der Waals surface area contributed by atoms with Gasteiger partial charge < -0.3 is 10.1 Å². The summed E-state index contributed by atoms with van der Waals surface area (Å²) < 4.78 is 87.3. The van der Waals surface area contributed by atoms with Crippen LogP contribution in [-0.2, 0) is 24.8 Å². The summed E-state index contributed by atoms with van der Waals surface area (Å²) in [7, 11) is -7.51. The highest BCUT2D eigenvalue weighted by Crippen LogP contribution is 2.39. The number of nitrogens with two attached hydrogens (primary N) is 1. The lowest BCUT2D eigenvalue weighted by atomic mass is 10.1. The summed E-state index contributed by atoms with van der Waals surface area (Å²) in [4.78, 5) is 0. The van der Waals surface area contributed by atoms with E-state index in [9.17, 15) is 16.8 Å². The van der Waals surface area contributed by atoms with Gasteiger partial charge in [-0.3, -0.25) is 0 Å². The second-order valence-electron chi connectivity index (χ2n) is 4.66. The standard InChI is InChI=1S/C12H21N3O5S3/c1-3-14-10-8-15(5-4-6-20-2)23(18,19)12-9(10)7-11(21-12)22(13,16)17/h7,10,14H,3-6,8H2,1-2H3,(H2,13,16,17)/t10-/m0/s1/i7D,8D2,10D. The van der Waals surface area contributed by atoms with Gasteiger partial charge in [0.1, 0.15) is 8.42 Å². The maximum absolute atomic E-state index is 13.0. The molecule has 0 fully saturated rings. The molecule has 0 unspecified atom stereocenters. The molecular weight excluding hydrogens is 362 g/mol. The van der Waals surface area contributed by atoms with Crippen molar-refractivity contribution in [3.63, 3.8) is 0 Å². The Bertz CT molecular complexity index is 934. The van der Waals surface area contributed by atoms with Gasteiger partial charge in [-0.15, -0.1) is 11.3 Å². The van der Waals surface area contributed by atoms with Crippen molar-refractivity contribution in [3.8, 4) is 0 Å². The monoisotopic (exact) mass is 387 g/mol. The van der Waals surface area contributed by atoms with Gasteiger partial charge in [-0.2, -0.15) is 4.31 Å². The van der Waals surface area contributed by atoms with Crippen LogP contribution in [0.1, 0.15) is 30.4 Å². The van der Waals surface area contributed by atoms with E-state index < -0.39 is 52.6 Å². The molecule has 132 valence electrons. The van der Waals surface area contributed by atoms with Crippen LogP contribution in [-0.4, -0.2) is 54.4 Å². The van der Waals surface area contributed by atoms with E-state index in [1.807, 2.05) is 0 Å². The molecular formula is C12H21N3O5S3. The number of nitrogens with zero attached hydrogens (tertiary/aromatic N) is 1. The minimum atomic E-state index is -4.50. The van der Waals surface area contributed by atoms with E-state index >= 15 is 0 Å². The van der Waals surface area contributed by atoms with Crippen molar-refractivity contribution in [2.24, 2.45) is 5.14 Å². The van der Waals surface area contributed by atoms with Gasteiger partial charge in [0.25, 0.3) is 10.0 Å². The number of likely N-dealkylation sites (N-methyl/N-ethyl adjacent to an activating group) is 1. The Hall–Kier alpha value is -0.560. The Kier molecular flexibility index (Phi) is 4.25. The number of fused-ring (bicyclic) bond motifs is 1. The number of rotatable bonds is 7. The first-order valence-corrected chi connectivity index (χ1v) is 10.5. The molecule has 1 aromatic rings. The van der Waals surface area contributed by atoms with Crippen LogP contribution in [0.2, 0.25) is 0 Å². The van der Waals surface area contributed by atoms with Gasteiger partial charge in [0.05, 0.1) is 2.74 Å².